The minimum Gasteiger partial charge on any atom is -0.369 e. The van der Waals surface area contributed by atoms with Gasteiger partial charge in [0.15, 0.2) is 5.13 Å². The third-order valence-corrected chi connectivity index (χ3v) is 5.43. The Bertz CT molecular complexity index is 742. The van der Waals surface area contributed by atoms with Gasteiger partial charge in [-0.1, -0.05) is 17.7 Å². The van der Waals surface area contributed by atoms with E-state index in [-0.39, 0.29) is 17.6 Å². The lowest BCUT2D eigenvalue weighted by Gasteiger charge is -2.07. The first-order valence-corrected chi connectivity index (χ1v) is 8.57. The molecule has 7 heteroatoms. The lowest BCUT2D eigenvalue weighted by atomic mass is 10.1. The number of carbonyl (C=O) groups is 2. The number of aromatic nitrogens is 1. The lowest BCUT2D eigenvalue weighted by molar-refractivity contribution is -0.117. The van der Waals surface area contributed by atoms with Crippen LogP contribution in [-0.4, -0.2) is 22.0 Å². The second-order valence-electron chi connectivity index (χ2n) is 5.20. The van der Waals surface area contributed by atoms with Crippen molar-refractivity contribution in [1.29, 1.82) is 0 Å². The number of thiazole rings is 1. The van der Waals surface area contributed by atoms with Crippen LogP contribution < -0.4 is 11.1 Å². The van der Waals surface area contributed by atoms with Gasteiger partial charge in [0.2, 0.25) is 11.8 Å². The number of hydrogen-bond donors (Lipinski definition) is 2. The summed E-state index contributed by atoms with van der Waals surface area (Å²) >= 11 is 2.89. The second-order valence-corrected chi connectivity index (χ2v) is 7.30. The molecule has 1 aromatic heterocycles. The Hall–Kier alpha value is -1.86. The number of benzene rings is 1. The molecule has 0 saturated heterocycles. The van der Waals surface area contributed by atoms with E-state index in [9.17, 15) is 9.59 Å². The highest BCUT2D eigenvalue weighted by atomic mass is 32.2. The van der Waals surface area contributed by atoms with Gasteiger partial charge >= 0.3 is 0 Å². The largest absolute Gasteiger partial charge is 0.369 e. The highest BCUT2D eigenvalue weighted by Gasteiger charge is 2.28. The number of anilines is 1. The fraction of sp³-hybridized carbons (Fsp3) is 0.267. The fourth-order valence-electron chi connectivity index (χ4n) is 2.29. The Morgan fingerprint density at radius 2 is 2.27 bits per heavy atom. The van der Waals surface area contributed by atoms with Crippen molar-refractivity contribution in [3.05, 3.63) is 40.4 Å². The maximum atomic E-state index is 12.3. The molecule has 114 valence electrons. The zero-order valence-corrected chi connectivity index (χ0v) is 13.6. The van der Waals surface area contributed by atoms with Crippen LogP contribution >= 0.6 is 23.1 Å². The summed E-state index contributed by atoms with van der Waals surface area (Å²) in [5.74, 6) is -0.487. The molecule has 22 heavy (non-hydrogen) atoms. The van der Waals surface area contributed by atoms with E-state index in [1.807, 2.05) is 6.92 Å². The number of hydrogen-bond acceptors (Lipinski definition) is 5. The van der Waals surface area contributed by atoms with Crippen molar-refractivity contribution in [2.24, 2.45) is 5.73 Å². The number of primary amides is 1. The average molecular weight is 333 g/mol. The van der Waals surface area contributed by atoms with Crippen molar-refractivity contribution in [2.75, 3.05) is 5.32 Å². The van der Waals surface area contributed by atoms with E-state index in [4.69, 9.17) is 5.73 Å². The summed E-state index contributed by atoms with van der Waals surface area (Å²) in [6.07, 6.45) is 0.820. The summed E-state index contributed by atoms with van der Waals surface area (Å²) < 4.78 is 0. The molecule has 0 unspecified atom stereocenters. The van der Waals surface area contributed by atoms with Crippen molar-refractivity contribution in [3.63, 3.8) is 0 Å². The number of nitrogens with two attached hydrogens (primary N) is 1. The normalized spacial score (nSPS) is 16.3. The van der Waals surface area contributed by atoms with Gasteiger partial charge in [-0.3, -0.25) is 9.59 Å². The maximum Gasteiger partial charge on any atom is 0.239 e. The van der Waals surface area contributed by atoms with Gasteiger partial charge in [-0.2, -0.15) is 0 Å². The molecule has 1 aliphatic heterocycles. The van der Waals surface area contributed by atoms with E-state index in [0.717, 1.165) is 6.42 Å². The fourth-order valence-corrected chi connectivity index (χ4v) is 4.30. The molecule has 3 N–H and O–H groups in total. The van der Waals surface area contributed by atoms with E-state index >= 15 is 0 Å². The molecule has 2 aromatic rings. The monoisotopic (exact) mass is 333 g/mol. The van der Waals surface area contributed by atoms with Crippen LogP contribution in [-0.2, 0) is 22.4 Å². The van der Waals surface area contributed by atoms with Crippen molar-refractivity contribution in [2.45, 2.75) is 29.9 Å². The van der Waals surface area contributed by atoms with Crippen molar-refractivity contribution in [3.8, 4) is 0 Å². The molecular formula is C15H15N3O2S2. The van der Waals surface area contributed by atoms with E-state index < -0.39 is 5.91 Å². The van der Waals surface area contributed by atoms with Crippen LogP contribution in [0.15, 0.2) is 28.5 Å². The van der Waals surface area contributed by atoms with Crippen LogP contribution in [0.1, 0.15) is 16.8 Å². The molecule has 0 spiro atoms. The Morgan fingerprint density at radius 3 is 3.05 bits per heavy atom. The molecule has 0 bridgehead atoms. The van der Waals surface area contributed by atoms with Crippen molar-refractivity contribution >= 4 is 40.0 Å². The zero-order valence-electron chi connectivity index (χ0n) is 12.0. The highest BCUT2D eigenvalue weighted by Crippen LogP contribution is 2.38. The third kappa shape index (κ3) is 3.31. The smallest absolute Gasteiger partial charge is 0.239 e. The predicted molar refractivity (Wildman–Crippen MR) is 88.2 cm³/mol. The first-order chi connectivity index (χ1) is 10.5. The Labute approximate surface area is 136 Å². The SMILES string of the molecule is Cc1ccc2c(c1)S[C@@H](C(=O)Nc1nc(CC(N)=O)cs1)C2. The molecule has 1 aromatic carbocycles. The Morgan fingerprint density at radius 1 is 1.45 bits per heavy atom. The van der Waals surface area contributed by atoms with Gasteiger partial charge in [0.25, 0.3) is 0 Å². The summed E-state index contributed by atoms with van der Waals surface area (Å²) in [5.41, 5.74) is 8.13. The lowest BCUT2D eigenvalue weighted by Crippen LogP contribution is -2.24. The standard InChI is InChI=1S/C15H15N3O2S2/c1-8-2-3-9-5-12(22-11(9)4-8)14(20)18-15-17-10(7-21-15)6-13(16)19/h2-4,7,12H,5-6H2,1H3,(H2,16,19)(H,17,18,20)/t12-/m1/s1. The number of thioether (sulfide) groups is 1. The van der Waals surface area contributed by atoms with E-state index in [1.165, 1.54) is 27.4 Å². The van der Waals surface area contributed by atoms with Gasteiger partial charge in [0.1, 0.15) is 0 Å². The topological polar surface area (TPSA) is 85.1 Å². The minimum absolute atomic E-state index is 0.0566. The number of rotatable bonds is 4. The zero-order chi connectivity index (χ0) is 15.7. The van der Waals surface area contributed by atoms with Gasteiger partial charge in [0.05, 0.1) is 17.4 Å². The molecular weight excluding hydrogens is 318 g/mol. The van der Waals surface area contributed by atoms with Crippen LogP contribution in [0.3, 0.4) is 0 Å². The van der Waals surface area contributed by atoms with E-state index in [1.54, 1.807) is 17.1 Å². The molecule has 0 fully saturated rings. The molecule has 1 aliphatic rings. The minimum atomic E-state index is -0.430. The summed E-state index contributed by atoms with van der Waals surface area (Å²) in [6, 6.07) is 6.26. The summed E-state index contributed by atoms with van der Waals surface area (Å²) in [5, 5.41) is 4.93. The van der Waals surface area contributed by atoms with Crippen LogP contribution in [0.2, 0.25) is 0 Å². The van der Waals surface area contributed by atoms with Gasteiger partial charge in [-0.15, -0.1) is 23.1 Å². The van der Waals surface area contributed by atoms with E-state index in [0.29, 0.717) is 10.8 Å². The van der Waals surface area contributed by atoms with Gasteiger partial charge in [-0.05, 0) is 25.0 Å². The van der Waals surface area contributed by atoms with Crippen LogP contribution in [0.25, 0.3) is 0 Å². The quantitative estimate of drug-likeness (QED) is 0.897. The van der Waals surface area contributed by atoms with Crippen LogP contribution in [0.4, 0.5) is 5.13 Å². The Balaban J connectivity index is 1.64. The molecule has 3 rings (SSSR count). The third-order valence-electron chi connectivity index (χ3n) is 3.33. The van der Waals surface area contributed by atoms with Crippen molar-refractivity contribution < 1.29 is 9.59 Å². The van der Waals surface area contributed by atoms with E-state index in [2.05, 4.69) is 28.5 Å². The van der Waals surface area contributed by atoms with Gasteiger partial charge in [0, 0.05) is 10.3 Å². The number of nitrogens with zero attached hydrogens (tertiary/aromatic N) is 1. The molecule has 0 saturated carbocycles. The predicted octanol–water partition coefficient (Wildman–Crippen LogP) is 2.13. The average Bonchev–Trinajstić information content (AvgIpc) is 3.04. The highest BCUT2D eigenvalue weighted by molar-refractivity contribution is 8.01. The summed E-state index contributed by atoms with van der Waals surface area (Å²) in [4.78, 5) is 28.6. The second kappa shape index (κ2) is 6.10. The van der Waals surface area contributed by atoms with Gasteiger partial charge in [-0.25, -0.2) is 4.98 Å². The number of amides is 2. The first kappa shape index (κ1) is 15.1. The van der Waals surface area contributed by atoms with Gasteiger partial charge < -0.3 is 11.1 Å². The Kier molecular flexibility index (Phi) is 4.17. The molecule has 2 heterocycles. The molecule has 0 aliphatic carbocycles. The number of nitrogens with one attached hydrogen (secondary N) is 1. The molecule has 1 atom stereocenters. The molecule has 2 amide bonds. The van der Waals surface area contributed by atoms with Crippen molar-refractivity contribution in [1.82, 2.24) is 4.98 Å². The number of aryl methyl sites for hydroxylation is 1. The summed E-state index contributed by atoms with van der Waals surface area (Å²) in [6.45, 7) is 2.05. The first-order valence-electron chi connectivity index (χ1n) is 6.81. The van der Waals surface area contributed by atoms with Crippen LogP contribution in [0, 0.1) is 6.92 Å². The number of fused-ring (bicyclic) bond motifs is 1. The summed E-state index contributed by atoms with van der Waals surface area (Å²) in [7, 11) is 0. The molecule has 0 radical (unpaired) electrons. The maximum absolute atomic E-state index is 12.3. The van der Waals surface area contributed by atoms with Crippen LogP contribution in [0.5, 0.6) is 0 Å². The number of carbonyl (C=O) groups excluding carboxylic acids is 2. The molecule has 5 nitrogen and oxygen atoms in total.